The fourth-order valence-corrected chi connectivity index (χ4v) is 4.40. The zero-order chi connectivity index (χ0) is 16.7. The third-order valence-corrected chi connectivity index (χ3v) is 5.94. The molecule has 2 nitrogen and oxygen atoms in total. The maximum atomic E-state index is 11.5. The molecule has 1 aromatic carbocycles. The highest BCUT2D eigenvalue weighted by Crippen LogP contribution is 2.41. The van der Waals surface area contributed by atoms with Crippen LogP contribution in [0.1, 0.15) is 63.4 Å². The molecule has 1 saturated heterocycles. The van der Waals surface area contributed by atoms with Crippen molar-refractivity contribution in [2.45, 2.75) is 63.4 Å². The van der Waals surface area contributed by atoms with Crippen LogP contribution < -0.4 is 4.90 Å². The minimum Gasteiger partial charge on any atom is -0.384 e. The molecule has 1 aromatic rings. The molecular formula is C22H32NO+. The first-order valence-electron chi connectivity index (χ1n) is 9.86. The molecule has 2 aliphatic rings. The van der Waals surface area contributed by atoms with Crippen LogP contribution in [-0.4, -0.2) is 24.7 Å². The normalized spacial score (nSPS) is 22.4. The van der Waals surface area contributed by atoms with Gasteiger partial charge in [-0.15, -0.1) is 0 Å². The Labute approximate surface area is 147 Å². The van der Waals surface area contributed by atoms with Crippen molar-refractivity contribution in [3.05, 3.63) is 35.9 Å². The molecule has 1 aliphatic carbocycles. The predicted molar refractivity (Wildman–Crippen MR) is 98.7 cm³/mol. The van der Waals surface area contributed by atoms with Crippen molar-refractivity contribution in [3.8, 4) is 11.8 Å². The molecule has 3 rings (SSSR count). The number of piperidine rings is 1. The van der Waals surface area contributed by atoms with E-state index >= 15 is 0 Å². The van der Waals surface area contributed by atoms with Gasteiger partial charge in [0.25, 0.3) is 0 Å². The van der Waals surface area contributed by atoms with Crippen LogP contribution in [0.15, 0.2) is 30.3 Å². The van der Waals surface area contributed by atoms with Gasteiger partial charge in [0.1, 0.15) is 12.1 Å². The number of rotatable bonds is 4. The Balaban J connectivity index is 1.68. The summed E-state index contributed by atoms with van der Waals surface area (Å²) in [6.45, 7) is 3.47. The van der Waals surface area contributed by atoms with Gasteiger partial charge in [-0.25, -0.2) is 0 Å². The summed E-state index contributed by atoms with van der Waals surface area (Å²) >= 11 is 0. The second kappa shape index (κ2) is 8.70. The van der Waals surface area contributed by atoms with Crippen LogP contribution in [0, 0.1) is 17.8 Å². The first-order chi connectivity index (χ1) is 11.8. The number of benzene rings is 1. The molecule has 0 unspecified atom stereocenters. The van der Waals surface area contributed by atoms with E-state index in [1.165, 1.54) is 51.6 Å². The minimum absolute atomic E-state index is 0.352. The van der Waals surface area contributed by atoms with Gasteiger partial charge in [0.15, 0.2) is 0 Å². The Morgan fingerprint density at radius 3 is 2.29 bits per heavy atom. The number of hydrogen-bond donors (Lipinski definition) is 2. The van der Waals surface area contributed by atoms with Gasteiger partial charge in [-0.3, -0.25) is 0 Å². The van der Waals surface area contributed by atoms with Gasteiger partial charge < -0.3 is 10.0 Å². The molecule has 0 spiro atoms. The Bertz CT molecular complexity index is 546. The topological polar surface area (TPSA) is 24.7 Å². The van der Waals surface area contributed by atoms with Crippen LogP contribution in [0.3, 0.4) is 0 Å². The number of aliphatic hydroxyl groups is 1. The van der Waals surface area contributed by atoms with E-state index in [1.54, 1.807) is 4.90 Å². The molecule has 1 aliphatic heterocycles. The standard InChI is InChI=1S/C22H31NO/c24-22(20-12-4-1-5-13-20,21-14-6-2-7-15-21)16-8-11-19-23-17-9-3-10-18-23/h1,4-5,12-13,21,24H,2-3,6-7,9-10,14-19H2/p+1/t22-/m0/s1. The molecule has 0 bridgehead atoms. The Morgan fingerprint density at radius 1 is 0.917 bits per heavy atom. The summed E-state index contributed by atoms with van der Waals surface area (Å²) < 4.78 is 0. The van der Waals surface area contributed by atoms with Gasteiger partial charge in [0.2, 0.25) is 0 Å². The summed E-state index contributed by atoms with van der Waals surface area (Å²) in [6.07, 6.45) is 10.7. The van der Waals surface area contributed by atoms with Crippen LogP contribution >= 0.6 is 0 Å². The average Bonchev–Trinajstić information content (AvgIpc) is 2.67. The summed E-state index contributed by atoms with van der Waals surface area (Å²) in [5.74, 6) is 7.07. The monoisotopic (exact) mass is 326 g/mol. The highest BCUT2D eigenvalue weighted by Gasteiger charge is 2.38. The zero-order valence-electron chi connectivity index (χ0n) is 14.9. The third-order valence-electron chi connectivity index (χ3n) is 5.94. The van der Waals surface area contributed by atoms with Crippen LogP contribution in [0.5, 0.6) is 0 Å². The van der Waals surface area contributed by atoms with Crippen molar-refractivity contribution in [1.82, 2.24) is 0 Å². The van der Waals surface area contributed by atoms with Gasteiger partial charge in [-0.2, -0.15) is 0 Å². The van der Waals surface area contributed by atoms with Crippen molar-refractivity contribution in [1.29, 1.82) is 0 Å². The maximum absolute atomic E-state index is 11.5. The lowest BCUT2D eigenvalue weighted by molar-refractivity contribution is -0.897. The SMILES string of the molecule is O[C@@](CC#CC[NH+]1CCCCC1)(c1ccccc1)C1CCCCC1. The molecule has 24 heavy (non-hydrogen) atoms. The molecule has 130 valence electrons. The number of hydrogen-bond acceptors (Lipinski definition) is 1. The molecular weight excluding hydrogens is 294 g/mol. The third kappa shape index (κ3) is 4.41. The van der Waals surface area contributed by atoms with Crippen LogP contribution in [-0.2, 0) is 5.60 Å². The van der Waals surface area contributed by atoms with Crippen molar-refractivity contribution in [2.24, 2.45) is 5.92 Å². The number of likely N-dealkylation sites (tertiary alicyclic amines) is 1. The fraction of sp³-hybridized carbons (Fsp3) is 0.636. The van der Waals surface area contributed by atoms with E-state index in [2.05, 4.69) is 24.0 Å². The Hall–Kier alpha value is -1.30. The van der Waals surface area contributed by atoms with E-state index in [0.29, 0.717) is 12.3 Å². The van der Waals surface area contributed by atoms with Gasteiger partial charge >= 0.3 is 0 Å². The zero-order valence-corrected chi connectivity index (χ0v) is 14.9. The highest BCUT2D eigenvalue weighted by atomic mass is 16.3. The largest absolute Gasteiger partial charge is 0.384 e. The van der Waals surface area contributed by atoms with Gasteiger partial charge in [0, 0.05) is 6.42 Å². The Morgan fingerprint density at radius 2 is 1.58 bits per heavy atom. The van der Waals surface area contributed by atoms with Gasteiger partial charge in [0.05, 0.1) is 13.1 Å². The van der Waals surface area contributed by atoms with Crippen LogP contribution in [0.4, 0.5) is 0 Å². The molecule has 2 heteroatoms. The average molecular weight is 327 g/mol. The van der Waals surface area contributed by atoms with E-state index in [-0.39, 0.29) is 0 Å². The summed E-state index contributed by atoms with van der Waals surface area (Å²) in [6, 6.07) is 10.2. The second-order valence-electron chi connectivity index (χ2n) is 7.64. The summed E-state index contributed by atoms with van der Waals surface area (Å²) in [5, 5.41) is 11.5. The second-order valence-corrected chi connectivity index (χ2v) is 7.64. The van der Waals surface area contributed by atoms with Crippen LogP contribution in [0.25, 0.3) is 0 Å². The van der Waals surface area contributed by atoms with Gasteiger partial charge in [-0.05, 0) is 49.5 Å². The molecule has 1 atom stereocenters. The molecule has 2 N–H and O–H groups in total. The van der Waals surface area contributed by atoms with E-state index < -0.39 is 5.60 Å². The molecule has 1 heterocycles. The summed E-state index contributed by atoms with van der Waals surface area (Å²) in [7, 11) is 0. The van der Waals surface area contributed by atoms with E-state index in [0.717, 1.165) is 24.9 Å². The highest BCUT2D eigenvalue weighted by molar-refractivity contribution is 5.26. The summed E-state index contributed by atoms with van der Waals surface area (Å²) in [4.78, 5) is 1.62. The van der Waals surface area contributed by atoms with Crippen molar-refractivity contribution in [3.63, 3.8) is 0 Å². The van der Waals surface area contributed by atoms with Crippen molar-refractivity contribution in [2.75, 3.05) is 19.6 Å². The smallest absolute Gasteiger partial charge is 0.139 e. The lowest BCUT2D eigenvalue weighted by Crippen LogP contribution is -3.12. The van der Waals surface area contributed by atoms with E-state index in [4.69, 9.17) is 0 Å². The first-order valence-corrected chi connectivity index (χ1v) is 9.86. The maximum Gasteiger partial charge on any atom is 0.139 e. The van der Waals surface area contributed by atoms with Crippen LogP contribution in [0.2, 0.25) is 0 Å². The molecule has 0 aromatic heterocycles. The van der Waals surface area contributed by atoms with E-state index in [9.17, 15) is 5.11 Å². The van der Waals surface area contributed by atoms with Crippen molar-refractivity contribution < 1.29 is 10.0 Å². The Kier molecular flexibility index (Phi) is 6.35. The van der Waals surface area contributed by atoms with Crippen molar-refractivity contribution >= 4 is 0 Å². The molecule has 2 fully saturated rings. The number of quaternary nitrogens is 1. The number of nitrogens with one attached hydrogen (secondary N) is 1. The quantitative estimate of drug-likeness (QED) is 0.817. The van der Waals surface area contributed by atoms with E-state index in [1.807, 2.05) is 18.2 Å². The van der Waals surface area contributed by atoms with Gasteiger partial charge in [-0.1, -0.05) is 55.5 Å². The predicted octanol–water partition coefficient (Wildman–Crippen LogP) is 2.92. The lowest BCUT2D eigenvalue weighted by atomic mass is 9.72. The minimum atomic E-state index is -0.772. The molecule has 0 radical (unpaired) electrons. The fourth-order valence-electron chi connectivity index (χ4n) is 4.40. The lowest BCUT2D eigenvalue weighted by Gasteiger charge is -2.38. The summed E-state index contributed by atoms with van der Waals surface area (Å²) in [5.41, 5.74) is 0.280. The molecule has 0 amide bonds. The molecule has 1 saturated carbocycles. The first kappa shape index (κ1) is 17.5.